The fraction of sp³-hybridized carbons (Fsp3) is 0.385. The van der Waals surface area contributed by atoms with Gasteiger partial charge in [0, 0.05) is 6.54 Å². The molecule has 0 aliphatic rings. The highest BCUT2D eigenvalue weighted by molar-refractivity contribution is 5.86. The van der Waals surface area contributed by atoms with Gasteiger partial charge in [-0.25, -0.2) is 0 Å². The molecule has 1 aromatic rings. The third-order valence-corrected chi connectivity index (χ3v) is 2.57. The fourth-order valence-corrected chi connectivity index (χ4v) is 1.66. The molecular formula is C13H13F3N2O. The van der Waals surface area contributed by atoms with E-state index in [1.165, 1.54) is 6.92 Å². The van der Waals surface area contributed by atoms with Crippen molar-refractivity contribution in [1.29, 1.82) is 5.26 Å². The fourth-order valence-electron chi connectivity index (χ4n) is 1.66. The molecule has 0 spiro atoms. The second-order valence-electron chi connectivity index (χ2n) is 3.94. The van der Waals surface area contributed by atoms with Crippen molar-refractivity contribution >= 4 is 5.91 Å². The van der Waals surface area contributed by atoms with E-state index in [4.69, 9.17) is 5.26 Å². The van der Waals surface area contributed by atoms with Gasteiger partial charge in [-0.05, 0) is 12.5 Å². The quantitative estimate of drug-likeness (QED) is 0.844. The number of halogens is 3. The second-order valence-corrected chi connectivity index (χ2v) is 3.94. The largest absolute Gasteiger partial charge is 0.406 e. The number of hydrogen-bond acceptors (Lipinski definition) is 2. The van der Waals surface area contributed by atoms with Crippen molar-refractivity contribution in [3.63, 3.8) is 0 Å². The summed E-state index contributed by atoms with van der Waals surface area (Å²) in [4.78, 5) is 12.6. The SMILES string of the molecule is CCN(CC(F)(F)F)C(=O)C(C#N)c1ccccc1. The minimum atomic E-state index is -4.47. The number of likely N-dealkylation sites (N-methyl/N-ethyl adjacent to an activating group) is 1. The van der Waals surface area contributed by atoms with E-state index in [-0.39, 0.29) is 6.54 Å². The maximum absolute atomic E-state index is 12.3. The Kier molecular flexibility index (Phi) is 4.93. The van der Waals surface area contributed by atoms with Gasteiger partial charge >= 0.3 is 6.18 Å². The molecule has 19 heavy (non-hydrogen) atoms. The molecule has 0 heterocycles. The lowest BCUT2D eigenvalue weighted by Crippen LogP contribution is -2.41. The molecule has 0 saturated carbocycles. The van der Waals surface area contributed by atoms with Crippen molar-refractivity contribution in [3.8, 4) is 6.07 Å². The summed E-state index contributed by atoms with van der Waals surface area (Å²) >= 11 is 0. The normalized spacial score (nSPS) is 12.6. The molecule has 6 heteroatoms. The third kappa shape index (κ3) is 4.28. The molecule has 0 aliphatic carbocycles. The van der Waals surface area contributed by atoms with E-state index in [1.54, 1.807) is 36.4 Å². The van der Waals surface area contributed by atoms with Crippen molar-refractivity contribution in [2.75, 3.05) is 13.1 Å². The Morgan fingerprint density at radius 1 is 1.37 bits per heavy atom. The highest BCUT2D eigenvalue weighted by Gasteiger charge is 2.35. The Morgan fingerprint density at radius 3 is 2.37 bits per heavy atom. The first-order chi connectivity index (χ1) is 8.89. The van der Waals surface area contributed by atoms with E-state index < -0.39 is 24.5 Å². The third-order valence-electron chi connectivity index (χ3n) is 2.57. The van der Waals surface area contributed by atoms with Crippen LogP contribution in [-0.2, 0) is 4.79 Å². The molecule has 102 valence electrons. The molecule has 1 amide bonds. The zero-order chi connectivity index (χ0) is 14.5. The predicted octanol–water partition coefficient (Wildman–Crippen LogP) is 2.70. The zero-order valence-corrected chi connectivity index (χ0v) is 10.3. The van der Waals surface area contributed by atoms with Crippen LogP contribution < -0.4 is 0 Å². The molecule has 1 rings (SSSR count). The van der Waals surface area contributed by atoms with Crippen LogP contribution in [0.3, 0.4) is 0 Å². The second kappa shape index (κ2) is 6.23. The topological polar surface area (TPSA) is 44.1 Å². The molecule has 0 radical (unpaired) electrons. The number of hydrogen-bond donors (Lipinski definition) is 0. The molecule has 1 atom stereocenters. The van der Waals surface area contributed by atoms with Crippen molar-refractivity contribution in [2.24, 2.45) is 0 Å². The van der Waals surface area contributed by atoms with Gasteiger partial charge in [0.1, 0.15) is 12.5 Å². The van der Waals surface area contributed by atoms with Gasteiger partial charge in [0.05, 0.1) is 6.07 Å². The van der Waals surface area contributed by atoms with Crippen LogP contribution in [0.1, 0.15) is 18.4 Å². The van der Waals surface area contributed by atoms with Crippen LogP contribution in [0.25, 0.3) is 0 Å². The van der Waals surface area contributed by atoms with Crippen LogP contribution in [0.5, 0.6) is 0 Å². The first kappa shape index (κ1) is 15.0. The number of nitrogens with zero attached hydrogens (tertiary/aromatic N) is 2. The van der Waals surface area contributed by atoms with E-state index in [9.17, 15) is 18.0 Å². The van der Waals surface area contributed by atoms with Gasteiger partial charge < -0.3 is 4.90 Å². The summed E-state index contributed by atoms with van der Waals surface area (Å²) in [5.74, 6) is -2.03. The van der Waals surface area contributed by atoms with Gasteiger partial charge in [0.2, 0.25) is 5.91 Å². The lowest BCUT2D eigenvalue weighted by Gasteiger charge is -2.24. The molecule has 0 saturated heterocycles. The van der Waals surface area contributed by atoms with E-state index in [2.05, 4.69) is 0 Å². The van der Waals surface area contributed by atoms with Crippen molar-refractivity contribution in [1.82, 2.24) is 4.90 Å². The van der Waals surface area contributed by atoms with Crippen LogP contribution in [0, 0.1) is 11.3 Å². The van der Waals surface area contributed by atoms with E-state index in [0.29, 0.717) is 10.5 Å². The highest BCUT2D eigenvalue weighted by Crippen LogP contribution is 2.21. The minimum absolute atomic E-state index is 0.0939. The molecule has 1 unspecified atom stereocenters. The van der Waals surface area contributed by atoms with Gasteiger partial charge in [-0.1, -0.05) is 30.3 Å². The summed E-state index contributed by atoms with van der Waals surface area (Å²) in [6.07, 6.45) is -4.47. The van der Waals surface area contributed by atoms with Crippen LogP contribution in [-0.4, -0.2) is 30.1 Å². The molecule has 3 nitrogen and oxygen atoms in total. The summed E-state index contributed by atoms with van der Waals surface area (Å²) in [5, 5.41) is 9.01. The number of amides is 1. The zero-order valence-electron chi connectivity index (χ0n) is 10.3. The van der Waals surface area contributed by atoms with Gasteiger partial charge in [-0.3, -0.25) is 4.79 Å². The van der Waals surface area contributed by atoms with Crippen LogP contribution >= 0.6 is 0 Å². The number of nitriles is 1. The van der Waals surface area contributed by atoms with E-state index in [1.807, 2.05) is 0 Å². The van der Waals surface area contributed by atoms with E-state index in [0.717, 1.165) is 0 Å². The summed E-state index contributed by atoms with van der Waals surface area (Å²) in [5.41, 5.74) is 0.399. The molecular weight excluding hydrogens is 257 g/mol. The predicted molar refractivity (Wildman–Crippen MR) is 63.1 cm³/mol. The maximum Gasteiger partial charge on any atom is 0.406 e. The average Bonchev–Trinajstić information content (AvgIpc) is 2.37. The highest BCUT2D eigenvalue weighted by atomic mass is 19.4. The van der Waals surface area contributed by atoms with Crippen molar-refractivity contribution < 1.29 is 18.0 Å². The molecule has 0 bridgehead atoms. The van der Waals surface area contributed by atoms with Crippen molar-refractivity contribution in [3.05, 3.63) is 35.9 Å². The van der Waals surface area contributed by atoms with Crippen molar-refractivity contribution in [2.45, 2.75) is 19.0 Å². The summed E-state index contributed by atoms with van der Waals surface area (Å²) in [7, 11) is 0. The summed E-state index contributed by atoms with van der Waals surface area (Å²) in [6, 6.07) is 9.83. The Hall–Kier alpha value is -2.03. The molecule has 1 aromatic carbocycles. The molecule has 0 fully saturated rings. The van der Waals surface area contributed by atoms with Gasteiger partial charge in [0.15, 0.2) is 0 Å². The van der Waals surface area contributed by atoms with Crippen LogP contribution in [0.4, 0.5) is 13.2 Å². The van der Waals surface area contributed by atoms with Crippen LogP contribution in [0.15, 0.2) is 30.3 Å². The summed E-state index contributed by atoms with van der Waals surface area (Å²) in [6.45, 7) is 0.0137. The standard InChI is InChI=1S/C13H13F3N2O/c1-2-18(9-13(14,15)16)12(19)11(8-17)10-6-4-3-5-7-10/h3-7,11H,2,9H2,1H3. The number of benzene rings is 1. The average molecular weight is 270 g/mol. The number of carbonyl (C=O) groups is 1. The number of alkyl halides is 3. The molecule has 0 aliphatic heterocycles. The smallest absolute Gasteiger partial charge is 0.332 e. The number of carbonyl (C=O) groups excluding carboxylic acids is 1. The lowest BCUT2D eigenvalue weighted by atomic mass is 9.99. The maximum atomic E-state index is 12.3. The Morgan fingerprint density at radius 2 is 1.95 bits per heavy atom. The molecule has 0 aromatic heterocycles. The van der Waals surface area contributed by atoms with Gasteiger partial charge in [0.25, 0.3) is 0 Å². The lowest BCUT2D eigenvalue weighted by molar-refractivity contribution is -0.161. The van der Waals surface area contributed by atoms with E-state index >= 15 is 0 Å². The Balaban J connectivity index is 2.93. The minimum Gasteiger partial charge on any atom is -0.332 e. The first-order valence-corrected chi connectivity index (χ1v) is 5.69. The Labute approximate surface area is 109 Å². The first-order valence-electron chi connectivity index (χ1n) is 5.69. The Bertz CT molecular complexity index is 465. The number of rotatable bonds is 4. The van der Waals surface area contributed by atoms with Crippen LogP contribution in [0.2, 0.25) is 0 Å². The van der Waals surface area contributed by atoms with Gasteiger partial charge in [-0.2, -0.15) is 18.4 Å². The molecule has 0 N–H and O–H groups in total. The summed E-state index contributed by atoms with van der Waals surface area (Å²) < 4.78 is 37.0. The van der Waals surface area contributed by atoms with Gasteiger partial charge in [-0.15, -0.1) is 0 Å². The monoisotopic (exact) mass is 270 g/mol.